The first-order valence-electron chi connectivity index (χ1n) is 14.0. The maximum absolute atomic E-state index is 13.3. The summed E-state index contributed by atoms with van der Waals surface area (Å²) in [5.41, 5.74) is -0.0665. The molecular weight excluding hydrogens is 541 g/mol. The number of piperidine rings is 1. The summed E-state index contributed by atoms with van der Waals surface area (Å²) in [5.74, 6) is 0.119. The molecule has 42 heavy (non-hydrogen) atoms. The van der Waals surface area contributed by atoms with Crippen molar-refractivity contribution in [1.29, 1.82) is 5.26 Å². The topological polar surface area (TPSA) is 139 Å². The molecule has 1 saturated heterocycles. The molecule has 3 aromatic heterocycles. The number of hydrogen-bond acceptors (Lipinski definition) is 8. The van der Waals surface area contributed by atoms with Crippen LogP contribution in [0.15, 0.2) is 59.9 Å². The summed E-state index contributed by atoms with van der Waals surface area (Å²) in [6.07, 6.45) is 7.90. The number of benzene rings is 1. The number of nitrogens with zero attached hydrogens (tertiary/aromatic N) is 7. The number of pyridine rings is 1. The Labute approximate surface area is 240 Å². The molecule has 0 radical (unpaired) electrons. The highest BCUT2D eigenvalue weighted by atomic mass is 19.1. The van der Waals surface area contributed by atoms with Gasteiger partial charge in [0.25, 0.3) is 5.56 Å². The predicted molar refractivity (Wildman–Crippen MR) is 149 cm³/mol. The van der Waals surface area contributed by atoms with Gasteiger partial charge < -0.3 is 14.7 Å². The Bertz CT molecular complexity index is 1680. The fraction of sp³-hybridized carbons (Fsp3) is 0.400. The fourth-order valence-corrected chi connectivity index (χ4v) is 5.82. The van der Waals surface area contributed by atoms with Crippen molar-refractivity contribution < 1.29 is 19.0 Å². The minimum absolute atomic E-state index is 0.0204. The Morgan fingerprint density at radius 1 is 1.07 bits per heavy atom. The van der Waals surface area contributed by atoms with Gasteiger partial charge in [0.2, 0.25) is 11.8 Å². The molecule has 12 heteroatoms. The molecular formula is C30H30FN7O4. The molecule has 1 N–H and O–H groups in total. The van der Waals surface area contributed by atoms with Crippen LogP contribution < -0.4 is 10.3 Å². The first-order chi connectivity index (χ1) is 20.3. The molecule has 11 nitrogen and oxygen atoms in total. The molecule has 1 aromatic carbocycles. The molecule has 1 amide bonds. The van der Waals surface area contributed by atoms with Crippen molar-refractivity contribution in [3.8, 4) is 17.6 Å². The maximum atomic E-state index is 13.3. The molecule has 1 aliphatic carbocycles. The Kier molecular flexibility index (Phi) is 7.43. The predicted octanol–water partition coefficient (Wildman–Crippen LogP) is 2.98. The number of carbonyl (C=O) groups is 1. The smallest absolute Gasteiger partial charge is 0.264 e. The van der Waals surface area contributed by atoms with Crippen molar-refractivity contribution in [1.82, 2.24) is 29.2 Å². The van der Waals surface area contributed by atoms with Crippen LogP contribution in [0.5, 0.6) is 5.88 Å². The fourth-order valence-electron chi connectivity index (χ4n) is 5.82. The average molecular weight is 572 g/mol. The van der Waals surface area contributed by atoms with E-state index in [2.05, 4.69) is 15.1 Å². The van der Waals surface area contributed by atoms with Crippen LogP contribution in [0.2, 0.25) is 0 Å². The minimum atomic E-state index is -1.15. The molecule has 4 heterocycles. The summed E-state index contributed by atoms with van der Waals surface area (Å²) in [6, 6.07) is 11.1. The number of carbonyl (C=O) groups excluding carboxylic acids is 1. The SMILES string of the molecule is N#Cc1ccc(OC2CCC(C(=O)N3CCC(O)(Cn4cnc5c(cnn5-c5ccc(F)cc5)c4=O)CC3)CC2)nc1. The van der Waals surface area contributed by atoms with Gasteiger partial charge in [-0.15, -0.1) is 0 Å². The van der Waals surface area contributed by atoms with Crippen LogP contribution in [0.4, 0.5) is 4.39 Å². The van der Waals surface area contributed by atoms with E-state index in [1.807, 2.05) is 11.0 Å². The number of nitriles is 1. The van der Waals surface area contributed by atoms with Crippen molar-refractivity contribution in [3.63, 3.8) is 0 Å². The zero-order valence-electron chi connectivity index (χ0n) is 22.9. The lowest BCUT2D eigenvalue weighted by molar-refractivity contribution is -0.141. The Hall–Kier alpha value is -4.63. The van der Waals surface area contributed by atoms with Gasteiger partial charge in [0, 0.05) is 31.3 Å². The quantitative estimate of drug-likeness (QED) is 0.373. The second-order valence-corrected chi connectivity index (χ2v) is 11.1. The first kappa shape index (κ1) is 27.5. The maximum Gasteiger partial charge on any atom is 0.264 e. The minimum Gasteiger partial charge on any atom is -0.474 e. The van der Waals surface area contributed by atoms with Crippen molar-refractivity contribution in [2.75, 3.05) is 13.1 Å². The number of fused-ring (bicyclic) bond motifs is 1. The molecule has 6 rings (SSSR count). The molecule has 1 saturated carbocycles. The molecule has 0 spiro atoms. The molecule has 1 aliphatic heterocycles. The number of halogens is 1. The van der Waals surface area contributed by atoms with Crippen LogP contribution in [0.1, 0.15) is 44.1 Å². The van der Waals surface area contributed by atoms with Crippen molar-refractivity contribution in [2.24, 2.45) is 5.92 Å². The summed E-state index contributed by atoms with van der Waals surface area (Å²) in [7, 11) is 0. The summed E-state index contributed by atoms with van der Waals surface area (Å²) < 4.78 is 22.1. The van der Waals surface area contributed by atoms with E-state index >= 15 is 0 Å². The van der Waals surface area contributed by atoms with Crippen LogP contribution in [-0.4, -0.2) is 65.0 Å². The van der Waals surface area contributed by atoms with Gasteiger partial charge in [-0.1, -0.05) is 0 Å². The Morgan fingerprint density at radius 2 is 1.81 bits per heavy atom. The molecule has 2 aliphatic rings. The zero-order valence-corrected chi connectivity index (χ0v) is 22.9. The number of likely N-dealkylation sites (tertiary alicyclic amines) is 1. The summed E-state index contributed by atoms with van der Waals surface area (Å²) in [6.45, 7) is 0.881. The first-order valence-corrected chi connectivity index (χ1v) is 14.0. The zero-order chi connectivity index (χ0) is 29.3. The Morgan fingerprint density at radius 3 is 2.48 bits per heavy atom. The standard InChI is InChI=1S/C30H30FN7O4/c31-22-4-6-23(7-5-22)38-27-25(17-35-38)29(40)37(19-34-27)18-30(41)11-13-36(14-12-30)28(39)21-2-8-24(9-3-21)42-26-10-1-20(15-32)16-33-26/h1,4-7,10,16-17,19,21,24,41H,2-3,8-9,11-14,18H2. The van der Waals surface area contributed by atoms with E-state index in [0.29, 0.717) is 66.9 Å². The van der Waals surface area contributed by atoms with E-state index in [1.54, 1.807) is 24.3 Å². The number of hydrogen-bond donors (Lipinski definition) is 1. The summed E-state index contributed by atoms with van der Waals surface area (Å²) in [5, 5.41) is 24.8. The number of amides is 1. The molecule has 216 valence electrons. The molecule has 0 bridgehead atoms. The van der Waals surface area contributed by atoms with E-state index in [0.717, 1.165) is 12.8 Å². The number of ether oxygens (including phenoxy) is 1. The van der Waals surface area contributed by atoms with Crippen molar-refractivity contribution >= 4 is 16.9 Å². The third-order valence-electron chi connectivity index (χ3n) is 8.27. The lowest BCUT2D eigenvalue weighted by Gasteiger charge is -2.40. The molecule has 2 fully saturated rings. The summed E-state index contributed by atoms with van der Waals surface area (Å²) >= 11 is 0. The van der Waals surface area contributed by atoms with Gasteiger partial charge in [-0.3, -0.25) is 14.2 Å². The third kappa shape index (κ3) is 5.60. The van der Waals surface area contributed by atoms with Gasteiger partial charge in [-0.2, -0.15) is 10.4 Å². The van der Waals surface area contributed by atoms with E-state index < -0.39 is 5.60 Å². The highest BCUT2D eigenvalue weighted by Crippen LogP contribution is 2.31. The third-order valence-corrected chi connectivity index (χ3v) is 8.27. The van der Waals surface area contributed by atoms with Crippen LogP contribution in [-0.2, 0) is 11.3 Å². The second kappa shape index (κ2) is 11.3. The van der Waals surface area contributed by atoms with Crippen molar-refractivity contribution in [3.05, 3.63) is 76.9 Å². The van der Waals surface area contributed by atoms with Gasteiger partial charge in [0.1, 0.15) is 29.7 Å². The number of aliphatic hydroxyl groups is 1. The lowest BCUT2D eigenvalue weighted by atomic mass is 9.85. The molecule has 0 atom stereocenters. The average Bonchev–Trinajstić information content (AvgIpc) is 3.45. The van der Waals surface area contributed by atoms with E-state index in [9.17, 15) is 19.1 Å². The van der Waals surface area contributed by atoms with Crippen LogP contribution >= 0.6 is 0 Å². The summed E-state index contributed by atoms with van der Waals surface area (Å²) in [4.78, 5) is 36.9. The van der Waals surface area contributed by atoms with Gasteiger partial charge in [-0.05, 0) is 68.9 Å². The monoisotopic (exact) mass is 571 g/mol. The highest BCUT2D eigenvalue weighted by molar-refractivity contribution is 5.79. The number of aromatic nitrogens is 5. The largest absolute Gasteiger partial charge is 0.474 e. The second-order valence-electron chi connectivity index (χ2n) is 11.1. The van der Waals surface area contributed by atoms with Gasteiger partial charge in [0.05, 0.1) is 29.6 Å². The van der Waals surface area contributed by atoms with E-state index in [4.69, 9.17) is 10.00 Å². The van der Waals surface area contributed by atoms with Crippen LogP contribution in [0.3, 0.4) is 0 Å². The van der Waals surface area contributed by atoms with E-state index in [1.165, 1.54) is 40.1 Å². The lowest BCUT2D eigenvalue weighted by Crippen LogP contribution is -2.51. The molecule has 0 unspecified atom stereocenters. The van der Waals surface area contributed by atoms with Crippen molar-refractivity contribution in [2.45, 2.75) is 56.8 Å². The normalized spacial score (nSPS) is 20.3. The Balaban J connectivity index is 1.03. The highest BCUT2D eigenvalue weighted by Gasteiger charge is 2.37. The number of rotatable bonds is 6. The van der Waals surface area contributed by atoms with Crippen LogP contribution in [0.25, 0.3) is 16.7 Å². The van der Waals surface area contributed by atoms with Gasteiger partial charge in [-0.25, -0.2) is 19.0 Å². The van der Waals surface area contributed by atoms with Gasteiger partial charge in [0.15, 0.2) is 5.65 Å². The molecule has 4 aromatic rings. The van der Waals surface area contributed by atoms with Gasteiger partial charge >= 0.3 is 0 Å². The van der Waals surface area contributed by atoms with E-state index in [-0.39, 0.29) is 35.9 Å². The van der Waals surface area contributed by atoms with Crippen LogP contribution in [0, 0.1) is 23.1 Å².